The lowest BCUT2D eigenvalue weighted by Crippen LogP contribution is -2.23. The van der Waals surface area contributed by atoms with E-state index in [1.807, 2.05) is 16.8 Å². The van der Waals surface area contributed by atoms with Crippen LogP contribution in [0.2, 0.25) is 0 Å². The molecule has 1 aliphatic rings. The van der Waals surface area contributed by atoms with Gasteiger partial charge < -0.3 is 5.11 Å². The van der Waals surface area contributed by atoms with Gasteiger partial charge in [0.25, 0.3) is 0 Å². The van der Waals surface area contributed by atoms with Gasteiger partial charge in [-0.1, -0.05) is 0 Å². The molecule has 0 fully saturated rings. The summed E-state index contributed by atoms with van der Waals surface area (Å²) in [6.45, 7) is 1.02. The summed E-state index contributed by atoms with van der Waals surface area (Å²) in [6, 6.07) is 4.04. The molecule has 2 aromatic rings. The van der Waals surface area contributed by atoms with Gasteiger partial charge in [-0.3, -0.25) is 0 Å². The molecule has 1 unspecified atom stereocenters. The van der Waals surface area contributed by atoms with Crippen molar-refractivity contribution in [2.75, 3.05) is 6.61 Å². The number of rotatable bonds is 2. The van der Waals surface area contributed by atoms with Crippen LogP contribution in [0.3, 0.4) is 0 Å². The lowest BCUT2D eigenvalue weighted by Gasteiger charge is -2.19. The second kappa shape index (κ2) is 4.51. The normalized spacial score (nSPS) is 19.3. The van der Waals surface area contributed by atoms with Crippen LogP contribution in [0, 0.1) is 5.92 Å². The minimum atomic E-state index is 0.235. The topological polar surface area (TPSA) is 50.9 Å². The number of aromatic nitrogens is 3. The number of fused-ring (bicyclic) bond motifs is 1. The fourth-order valence-corrected chi connectivity index (χ4v) is 3.38. The lowest BCUT2D eigenvalue weighted by molar-refractivity contribution is 0.185. The van der Waals surface area contributed by atoms with Gasteiger partial charge >= 0.3 is 0 Å². The molecule has 0 saturated heterocycles. The monoisotopic (exact) mass is 313 g/mol. The molecular formula is C11H12BrN3OS. The van der Waals surface area contributed by atoms with Crippen molar-refractivity contribution in [1.29, 1.82) is 0 Å². The minimum Gasteiger partial charge on any atom is -0.396 e. The molecule has 6 heteroatoms. The molecule has 0 spiro atoms. The van der Waals surface area contributed by atoms with Crippen LogP contribution in [-0.2, 0) is 13.0 Å². The van der Waals surface area contributed by atoms with Gasteiger partial charge in [0.05, 0.1) is 8.66 Å². The molecule has 0 saturated carbocycles. The predicted molar refractivity (Wildman–Crippen MR) is 69.9 cm³/mol. The van der Waals surface area contributed by atoms with Gasteiger partial charge in [0.1, 0.15) is 5.82 Å². The number of thiophene rings is 1. The number of aliphatic hydroxyl groups excluding tert-OH is 1. The van der Waals surface area contributed by atoms with Crippen LogP contribution < -0.4 is 0 Å². The van der Waals surface area contributed by atoms with E-state index in [9.17, 15) is 5.11 Å². The first-order valence-corrected chi connectivity index (χ1v) is 7.17. The largest absolute Gasteiger partial charge is 0.396 e. The highest BCUT2D eigenvalue weighted by Gasteiger charge is 2.21. The average molecular weight is 314 g/mol. The summed E-state index contributed by atoms with van der Waals surface area (Å²) >= 11 is 5.08. The van der Waals surface area contributed by atoms with Gasteiger partial charge in [0, 0.05) is 25.5 Å². The van der Waals surface area contributed by atoms with Crippen LogP contribution in [0.25, 0.3) is 10.7 Å². The van der Waals surface area contributed by atoms with E-state index in [-0.39, 0.29) is 6.61 Å². The molecular weight excluding hydrogens is 302 g/mol. The maximum Gasteiger partial charge on any atom is 0.191 e. The molecule has 4 nitrogen and oxygen atoms in total. The maximum atomic E-state index is 9.18. The summed E-state index contributed by atoms with van der Waals surface area (Å²) in [4.78, 5) is 5.65. The Morgan fingerprint density at radius 3 is 3.12 bits per heavy atom. The Balaban J connectivity index is 1.92. The standard InChI is InChI=1S/C11H12BrN3OS/c12-9-3-2-8(17-9)11-13-10-4-1-7(6-16)5-15(10)14-11/h2-3,7,16H,1,4-6H2. The summed E-state index contributed by atoms with van der Waals surface area (Å²) in [6.07, 6.45) is 1.91. The quantitative estimate of drug-likeness (QED) is 0.925. The third-order valence-electron chi connectivity index (χ3n) is 3.01. The molecule has 0 aliphatic carbocycles. The van der Waals surface area contributed by atoms with E-state index in [1.165, 1.54) is 0 Å². The second-order valence-corrected chi connectivity index (χ2v) is 6.69. The van der Waals surface area contributed by atoms with E-state index in [0.717, 1.165) is 39.7 Å². The Hall–Kier alpha value is -0.720. The molecule has 3 rings (SSSR count). The number of aryl methyl sites for hydroxylation is 1. The molecule has 1 N–H and O–H groups in total. The van der Waals surface area contributed by atoms with Gasteiger partial charge in [0.15, 0.2) is 5.82 Å². The Labute approximate surface area is 111 Å². The molecule has 2 aromatic heterocycles. The smallest absolute Gasteiger partial charge is 0.191 e. The van der Waals surface area contributed by atoms with Gasteiger partial charge in [-0.2, -0.15) is 0 Å². The van der Waals surface area contributed by atoms with Crippen molar-refractivity contribution in [3.8, 4) is 10.7 Å². The van der Waals surface area contributed by atoms with Gasteiger partial charge in [0.2, 0.25) is 0 Å². The highest BCUT2D eigenvalue weighted by atomic mass is 79.9. The van der Waals surface area contributed by atoms with Crippen LogP contribution >= 0.6 is 27.3 Å². The van der Waals surface area contributed by atoms with E-state index >= 15 is 0 Å². The SMILES string of the molecule is OCC1CCc2nc(-c3ccc(Br)s3)nn2C1. The van der Waals surface area contributed by atoms with Gasteiger partial charge in [-0.25, -0.2) is 9.67 Å². The summed E-state index contributed by atoms with van der Waals surface area (Å²) in [7, 11) is 0. The zero-order chi connectivity index (χ0) is 11.8. The minimum absolute atomic E-state index is 0.235. The fraction of sp³-hybridized carbons (Fsp3) is 0.455. The summed E-state index contributed by atoms with van der Waals surface area (Å²) in [5, 5.41) is 13.7. The number of hydrogen-bond donors (Lipinski definition) is 1. The Bertz CT molecular complexity index is 537. The molecule has 1 aliphatic heterocycles. The molecule has 17 heavy (non-hydrogen) atoms. The maximum absolute atomic E-state index is 9.18. The summed E-state index contributed by atoms with van der Waals surface area (Å²) in [5.74, 6) is 2.16. The molecule has 1 atom stereocenters. The zero-order valence-electron chi connectivity index (χ0n) is 9.14. The van der Waals surface area contributed by atoms with Crippen LogP contribution in [-0.4, -0.2) is 26.5 Å². The molecule has 0 bridgehead atoms. The Morgan fingerprint density at radius 1 is 1.53 bits per heavy atom. The van der Waals surface area contributed by atoms with Crippen molar-refractivity contribution in [2.24, 2.45) is 5.92 Å². The van der Waals surface area contributed by atoms with E-state index in [1.54, 1.807) is 11.3 Å². The van der Waals surface area contributed by atoms with Gasteiger partial charge in [-0.15, -0.1) is 16.4 Å². The highest BCUT2D eigenvalue weighted by molar-refractivity contribution is 9.11. The van der Waals surface area contributed by atoms with Crippen LogP contribution in [0.15, 0.2) is 15.9 Å². The predicted octanol–water partition coefficient (Wildman–Crippen LogP) is 2.32. The number of nitrogens with zero attached hydrogens (tertiary/aromatic N) is 3. The van der Waals surface area contributed by atoms with Crippen molar-refractivity contribution in [2.45, 2.75) is 19.4 Å². The summed E-state index contributed by atoms with van der Waals surface area (Å²) < 4.78 is 3.03. The molecule has 3 heterocycles. The average Bonchev–Trinajstić information content (AvgIpc) is 2.93. The molecule has 0 aromatic carbocycles. The Morgan fingerprint density at radius 2 is 2.41 bits per heavy atom. The van der Waals surface area contributed by atoms with Crippen molar-refractivity contribution in [3.05, 3.63) is 21.7 Å². The summed E-state index contributed by atoms with van der Waals surface area (Å²) in [5.41, 5.74) is 0. The Kier molecular flexibility index (Phi) is 3.02. The third kappa shape index (κ3) is 2.17. The third-order valence-corrected chi connectivity index (χ3v) is 4.63. The lowest BCUT2D eigenvalue weighted by atomic mass is 10.0. The van der Waals surface area contributed by atoms with Crippen molar-refractivity contribution >= 4 is 27.3 Å². The number of hydrogen-bond acceptors (Lipinski definition) is 4. The first kappa shape index (κ1) is 11.4. The molecule has 0 amide bonds. The van der Waals surface area contributed by atoms with Crippen LogP contribution in [0.1, 0.15) is 12.2 Å². The number of aliphatic hydroxyl groups is 1. The number of halogens is 1. The van der Waals surface area contributed by atoms with Crippen molar-refractivity contribution < 1.29 is 5.11 Å². The van der Waals surface area contributed by atoms with E-state index in [0.29, 0.717) is 5.92 Å². The van der Waals surface area contributed by atoms with E-state index in [2.05, 4.69) is 26.0 Å². The van der Waals surface area contributed by atoms with E-state index < -0.39 is 0 Å². The van der Waals surface area contributed by atoms with Crippen molar-refractivity contribution in [3.63, 3.8) is 0 Å². The second-order valence-electron chi connectivity index (χ2n) is 4.22. The van der Waals surface area contributed by atoms with Crippen LogP contribution in [0.5, 0.6) is 0 Å². The molecule has 90 valence electrons. The molecule has 0 radical (unpaired) electrons. The van der Waals surface area contributed by atoms with E-state index in [4.69, 9.17) is 0 Å². The first-order chi connectivity index (χ1) is 8.26. The van der Waals surface area contributed by atoms with Crippen molar-refractivity contribution in [1.82, 2.24) is 14.8 Å². The van der Waals surface area contributed by atoms with Gasteiger partial charge in [-0.05, 0) is 34.5 Å². The fourth-order valence-electron chi connectivity index (χ4n) is 2.06. The highest BCUT2D eigenvalue weighted by Crippen LogP contribution is 2.30. The zero-order valence-corrected chi connectivity index (χ0v) is 11.5. The van der Waals surface area contributed by atoms with Crippen LogP contribution in [0.4, 0.5) is 0 Å². The first-order valence-electron chi connectivity index (χ1n) is 5.56.